The van der Waals surface area contributed by atoms with E-state index in [1.165, 1.54) is 22.0 Å². The first-order valence-corrected chi connectivity index (χ1v) is 6.62. The van der Waals surface area contributed by atoms with Crippen LogP contribution in [0.1, 0.15) is 17.5 Å². The molecule has 0 saturated carbocycles. The Bertz CT molecular complexity index is 364. The Morgan fingerprint density at radius 2 is 2.24 bits per heavy atom. The highest BCUT2D eigenvalue weighted by Crippen LogP contribution is 2.19. The molecule has 1 atom stereocenters. The van der Waals surface area contributed by atoms with Crippen molar-refractivity contribution in [3.63, 3.8) is 0 Å². The van der Waals surface area contributed by atoms with Crippen molar-refractivity contribution in [1.29, 1.82) is 0 Å². The van der Waals surface area contributed by atoms with Gasteiger partial charge in [-0.25, -0.2) is 0 Å². The predicted octanol–water partition coefficient (Wildman–Crippen LogP) is 2.97. The summed E-state index contributed by atoms with van der Waals surface area (Å²) in [4.78, 5) is 2.45. The standard InChI is InChI=1S/C13H19BrN2.ClH/c1-10-7-11(3-4-13(10)14)9-16(2)12-5-6-15-8-12;/h3-4,7,12,15H,5-6,8-9H2,1-2H3;1H. The van der Waals surface area contributed by atoms with Gasteiger partial charge in [0.2, 0.25) is 0 Å². The number of hydrogen-bond donors (Lipinski definition) is 1. The topological polar surface area (TPSA) is 15.3 Å². The largest absolute Gasteiger partial charge is 0.315 e. The summed E-state index contributed by atoms with van der Waals surface area (Å²) in [5.74, 6) is 0. The summed E-state index contributed by atoms with van der Waals surface area (Å²) >= 11 is 3.54. The zero-order valence-electron chi connectivity index (χ0n) is 10.4. The third kappa shape index (κ3) is 3.95. The van der Waals surface area contributed by atoms with Crippen LogP contribution in [0.25, 0.3) is 0 Å². The lowest BCUT2D eigenvalue weighted by Gasteiger charge is -2.23. The lowest BCUT2D eigenvalue weighted by atomic mass is 10.1. The molecule has 1 aromatic rings. The highest BCUT2D eigenvalue weighted by molar-refractivity contribution is 9.10. The van der Waals surface area contributed by atoms with Crippen molar-refractivity contribution in [3.05, 3.63) is 33.8 Å². The van der Waals surface area contributed by atoms with E-state index in [0.29, 0.717) is 6.04 Å². The van der Waals surface area contributed by atoms with Crippen molar-refractivity contribution in [2.24, 2.45) is 0 Å². The van der Waals surface area contributed by atoms with Crippen LogP contribution in [-0.4, -0.2) is 31.1 Å². The van der Waals surface area contributed by atoms with Crippen LogP contribution in [0.15, 0.2) is 22.7 Å². The minimum absolute atomic E-state index is 0. The number of nitrogens with one attached hydrogen (secondary N) is 1. The van der Waals surface area contributed by atoms with E-state index >= 15 is 0 Å². The smallest absolute Gasteiger partial charge is 0.0234 e. The number of halogens is 2. The van der Waals surface area contributed by atoms with Crippen molar-refractivity contribution in [2.75, 3.05) is 20.1 Å². The molecule has 17 heavy (non-hydrogen) atoms. The fourth-order valence-corrected chi connectivity index (χ4v) is 2.48. The van der Waals surface area contributed by atoms with Crippen LogP contribution < -0.4 is 5.32 Å². The molecule has 0 amide bonds. The number of likely N-dealkylation sites (N-methyl/N-ethyl adjacent to an activating group) is 1. The van der Waals surface area contributed by atoms with Gasteiger partial charge in [0.25, 0.3) is 0 Å². The van der Waals surface area contributed by atoms with Crippen LogP contribution >= 0.6 is 28.3 Å². The molecule has 1 fully saturated rings. The van der Waals surface area contributed by atoms with Crippen LogP contribution in [0.4, 0.5) is 0 Å². The molecule has 96 valence electrons. The van der Waals surface area contributed by atoms with Gasteiger partial charge in [0.05, 0.1) is 0 Å². The fraction of sp³-hybridized carbons (Fsp3) is 0.538. The Labute approximate surface area is 118 Å². The van der Waals surface area contributed by atoms with E-state index in [9.17, 15) is 0 Å². The van der Waals surface area contributed by atoms with E-state index in [0.717, 1.165) is 19.6 Å². The Kier molecular flexibility index (Phi) is 5.93. The van der Waals surface area contributed by atoms with Crippen molar-refractivity contribution in [2.45, 2.75) is 25.9 Å². The van der Waals surface area contributed by atoms with Gasteiger partial charge in [-0.05, 0) is 44.1 Å². The lowest BCUT2D eigenvalue weighted by Crippen LogP contribution is -2.32. The second kappa shape index (κ2) is 6.74. The van der Waals surface area contributed by atoms with Crippen LogP contribution in [0.3, 0.4) is 0 Å². The molecule has 1 saturated heterocycles. The quantitative estimate of drug-likeness (QED) is 0.921. The molecule has 2 nitrogen and oxygen atoms in total. The molecule has 0 bridgehead atoms. The molecule has 1 aliphatic rings. The van der Waals surface area contributed by atoms with Crippen molar-refractivity contribution >= 4 is 28.3 Å². The predicted molar refractivity (Wildman–Crippen MR) is 78.9 cm³/mol. The van der Waals surface area contributed by atoms with Crippen molar-refractivity contribution < 1.29 is 0 Å². The highest BCUT2D eigenvalue weighted by Gasteiger charge is 2.18. The van der Waals surface area contributed by atoms with Crippen LogP contribution in [0.2, 0.25) is 0 Å². The number of aryl methyl sites for hydroxylation is 1. The molecule has 1 aliphatic heterocycles. The SMILES string of the molecule is Cc1cc(CN(C)C2CCNC2)ccc1Br.Cl. The van der Waals surface area contributed by atoms with Gasteiger partial charge in [0, 0.05) is 23.6 Å². The summed E-state index contributed by atoms with van der Waals surface area (Å²) < 4.78 is 1.20. The van der Waals surface area contributed by atoms with Gasteiger partial charge in [-0.3, -0.25) is 4.90 Å². The molecule has 1 heterocycles. The summed E-state index contributed by atoms with van der Waals surface area (Å²) in [6, 6.07) is 7.31. The minimum Gasteiger partial charge on any atom is -0.315 e. The average molecular weight is 320 g/mol. The summed E-state index contributed by atoms with van der Waals surface area (Å²) in [6.45, 7) is 5.48. The van der Waals surface area contributed by atoms with E-state index in [1.807, 2.05) is 0 Å². The molecule has 1 unspecified atom stereocenters. The summed E-state index contributed by atoms with van der Waals surface area (Å²) in [5, 5.41) is 3.41. The first-order chi connectivity index (χ1) is 7.66. The molecule has 0 aromatic heterocycles. The highest BCUT2D eigenvalue weighted by atomic mass is 79.9. The van der Waals surface area contributed by atoms with Gasteiger partial charge in [0.15, 0.2) is 0 Å². The van der Waals surface area contributed by atoms with E-state index < -0.39 is 0 Å². The van der Waals surface area contributed by atoms with Crippen molar-refractivity contribution in [1.82, 2.24) is 10.2 Å². The normalized spacial score (nSPS) is 19.4. The Morgan fingerprint density at radius 1 is 1.47 bits per heavy atom. The van der Waals surface area contributed by atoms with Crippen LogP contribution in [-0.2, 0) is 6.54 Å². The maximum absolute atomic E-state index is 3.54. The maximum atomic E-state index is 3.54. The zero-order valence-corrected chi connectivity index (χ0v) is 12.8. The minimum atomic E-state index is 0. The number of nitrogens with zero attached hydrogens (tertiary/aromatic N) is 1. The second-order valence-corrected chi connectivity index (χ2v) is 5.50. The van der Waals surface area contributed by atoms with E-state index in [1.54, 1.807) is 0 Å². The van der Waals surface area contributed by atoms with Gasteiger partial charge in [-0.2, -0.15) is 0 Å². The third-order valence-corrected chi connectivity index (χ3v) is 4.20. The summed E-state index contributed by atoms with van der Waals surface area (Å²) in [6.07, 6.45) is 1.27. The Balaban J connectivity index is 0.00000144. The average Bonchev–Trinajstić information content (AvgIpc) is 2.77. The van der Waals surface area contributed by atoms with Crippen LogP contribution in [0.5, 0.6) is 0 Å². The first-order valence-electron chi connectivity index (χ1n) is 5.83. The molecule has 0 aliphatic carbocycles. The van der Waals surface area contributed by atoms with E-state index in [2.05, 4.69) is 58.3 Å². The Hall–Kier alpha value is -0.0900. The van der Waals surface area contributed by atoms with Crippen molar-refractivity contribution in [3.8, 4) is 0 Å². The van der Waals surface area contributed by atoms with Gasteiger partial charge in [0.1, 0.15) is 0 Å². The number of rotatable bonds is 3. The molecule has 1 N–H and O–H groups in total. The lowest BCUT2D eigenvalue weighted by molar-refractivity contribution is 0.249. The number of benzene rings is 1. The second-order valence-electron chi connectivity index (χ2n) is 4.65. The molecule has 0 spiro atoms. The van der Waals surface area contributed by atoms with E-state index in [4.69, 9.17) is 0 Å². The molecule has 0 radical (unpaired) electrons. The molecule has 1 aromatic carbocycles. The molecule has 2 rings (SSSR count). The van der Waals surface area contributed by atoms with Gasteiger partial charge in [-0.15, -0.1) is 12.4 Å². The molecule has 4 heteroatoms. The number of hydrogen-bond acceptors (Lipinski definition) is 2. The van der Waals surface area contributed by atoms with E-state index in [-0.39, 0.29) is 12.4 Å². The fourth-order valence-electron chi connectivity index (χ4n) is 2.24. The maximum Gasteiger partial charge on any atom is 0.0234 e. The van der Waals surface area contributed by atoms with Gasteiger partial charge >= 0.3 is 0 Å². The molecular formula is C13H20BrClN2. The van der Waals surface area contributed by atoms with Gasteiger partial charge in [-0.1, -0.05) is 28.1 Å². The molecular weight excluding hydrogens is 300 g/mol. The summed E-state index contributed by atoms with van der Waals surface area (Å²) in [5.41, 5.74) is 2.71. The van der Waals surface area contributed by atoms with Gasteiger partial charge < -0.3 is 5.32 Å². The Morgan fingerprint density at radius 3 is 2.82 bits per heavy atom. The monoisotopic (exact) mass is 318 g/mol. The van der Waals surface area contributed by atoms with Crippen LogP contribution in [0, 0.1) is 6.92 Å². The first kappa shape index (κ1) is 15.0. The third-order valence-electron chi connectivity index (χ3n) is 3.31. The zero-order chi connectivity index (χ0) is 11.5. The summed E-state index contributed by atoms with van der Waals surface area (Å²) in [7, 11) is 2.22.